The van der Waals surface area contributed by atoms with Crippen molar-refractivity contribution in [2.24, 2.45) is 0 Å². The fourth-order valence-corrected chi connectivity index (χ4v) is 2.79. The largest absolute Gasteiger partial charge is 0.465 e. The molecule has 2 rings (SSSR count). The van der Waals surface area contributed by atoms with Crippen LogP contribution in [-0.4, -0.2) is 37.3 Å². The molecule has 158 valence electrons. The molecular formula is C23H25NO6. The monoisotopic (exact) mass is 411 g/mol. The van der Waals surface area contributed by atoms with Gasteiger partial charge in [-0.1, -0.05) is 23.8 Å². The van der Waals surface area contributed by atoms with Crippen molar-refractivity contribution < 1.29 is 28.7 Å². The summed E-state index contributed by atoms with van der Waals surface area (Å²) in [5.74, 6) is -1.85. The van der Waals surface area contributed by atoms with E-state index in [4.69, 9.17) is 4.74 Å². The molecule has 7 nitrogen and oxygen atoms in total. The van der Waals surface area contributed by atoms with Crippen LogP contribution < -0.4 is 5.32 Å². The van der Waals surface area contributed by atoms with Crippen LogP contribution in [-0.2, 0) is 19.1 Å². The molecule has 2 aromatic rings. The van der Waals surface area contributed by atoms with Gasteiger partial charge < -0.3 is 14.8 Å². The molecule has 0 bridgehead atoms. The highest BCUT2D eigenvalue weighted by Gasteiger charge is 2.15. The number of ketones is 1. The molecular weight excluding hydrogens is 386 g/mol. The van der Waals surface area contributed by atoms with Crippen LogP contribution in [0.2, 0.25) is 0 Å². The molecule has 0 aromatic heterocycles. The summed E-state index contributed by atoms with van der Waals surface area (Å²) >= 11 is 0. The number of carbonyl (C=O) groups is 4. The number of carbonyl (C=O) groups excluding carboxylic acids is 4. The first-order valence-corrected chi connectivity index (χ1v) is 9.46. The van der Waals surface area contributed by atoms with E-state index in [2.05, 4.69) is 10.1 Å². The van der Waals surface area contributed by atoms with Crippen LogP contribution >= 0.6 is 0 Å². The molecule has 0 unspecified atom stereocenters. The van der Waals surface area contributed by atoms with Crippen molar-refractivity contribution in [3.8, 4) is 0 Å². The van der Waals surface area contributed by atoms with Gasteiger partial charge in [0, 0.05) is 17.7 Å². The highest BCUT2D eigenvalue weighted by molar-refractivity contribution is 5.99. The predicted molar refractivity (Wildman–Crippen MR) is 112 cm³/mol. The summed E-state index contributed by atoms with van der Waals surface area (Å²) < 4.78 is 9.62. The molecule has 1 amide bonds. The minimum absolute atomic E-state index is 0.00499. The first kappa shape index (κ1) is 22.8. The second-order valence-corrected chi connectivity index (χ2v) is 6.97. The van der Waals surface area contributed by atoms with Gasteiger partial charge in [-0.15, -0.1) is 0 Å². The Morgan fingerprint density at radius 1 is 0.900 bits per heavy atom. The van der Waals surface area contributed by atoms with E-state index in [0.717, 1.165) is 16.7 Å². The molecule has 2 aromatic carbocycles. The number of hydrogen-bond acceptors (Lipinski definition) is 6. The van der Waals surface area contributed by atoms with Gasteiger partial charge in [-0.05, 0) is 50.1 Å². The number of benzene rings is 2. The maximum absolute atomic E-state index is 12.3. The van der Waals surface area contributed by atoms with Crippen molar-refractivity contribution >= 4 is 29.3 Å². The lowest BCUT2D eigenvalue weighted by atomic mass is 9.99. The molecule has 1 N–H and O–H groups in total. The first-order chi connectivity index (χ1) is 14.2. The summed E-state index contributed by atoms with van der Waals surface area (Å²) in [6.07, 6.45) is -0.110. The Morgan fingerprint density at radius 2 is 1.60 bits per heavy atom. The molecule has 7 heteroatoms. The number of methoxy groups -OCH3 is 1. The number of Topliss-reactive ketones (excluding diaryl/α,β-unsaturated/α-hetero) is 1. The van der Waals surface area contributed by atoms with E-state index in [-0.39, 0.29) is 18.6 Å². The Balaban J connectivity index is 1.85. The smallest absolute Gasteiger partial charge is 0.337 e. The summed E-state index contributed by atoms with van der Waals surface area (Å²) in [5.41, 5.74) is 3.85. The number of ether oxygens (including phenoxy) is 2. The van der Waals surface area contributed by atoms with Crippen molar-refractivity contribution in [2.45, 2.75) is 33.6 Å². The predicted octanol–water partition coefficient (Wildman–Crippen LogP) is 3.54. The lowest BCUT2D eigenvalue weighted by Crippen LogP contribution is -2.22. The van der Waals surface area contributed by atoms with Gasteiger partial charge in [-0.3, -0.25) is 14.4 Å². The standard InChI is InChI=1S/C23H25NO6/c1-14-5-6-15(2)18(11-14)20(25)9-10-22(27)30-13-21(26)24-19-12-17(23(28)29-4)8-7-16(19)3/h5-8,11-12H,9-10,13H2,1-4H3,(H,24,26). The molecule has 0 aliphatic heterocycles. The van der Waals surface area contributed by atoms with E-state index in [0.29, 0.717) is 16.8 Å². The van der Waals surface area contributed by atoms with Gasteiger partial charge in [-0.25, -0.2) is 4.79 Å². The van der Waals surface area contributed by atoms with Crippen molar-refractivity contribution in [1.29, 1.82) is 0 Å². The average Bonchev–Trinajstić information content (AvgIpc) is 2.73. The summed E-state index contributed by atoms with van der Waals surface area (Å²) in [6.45, 7) is 5.01. The maximum atomic E-state index is 12.3. The zero-order valence-corrected chi connectivity index (χ0v) is 17.5. The number of esters is 2. The van der Waals surface area contributed by atoms with Gasteiger partial charge in [0.15, 0.2) is 12.4 Å². The van der Waals surface area contributed by atoms with Crippen LogP contribution in [0.15, 0.2) is 36.4 Å². The SMILES string of the molecule is COC(=O)c1ccc(C)c(NC(=O)COC(=O)CCC(=O)c2cc(C)ccc2C)c1. The minimum Gasteiger partial charge on any atom is -0.465 e. The number of hydrogen-bond donors (Lipinski definition) is 1. The molecule has 30 heavy (non-hydrogen) atoms. The van der Waals surface area contributed by atoms with Crippen LogP contribution in [0.1, 0.15) is 50.2 Å². The number of anilines is 1. The van der Waals surface area contributed by atoms with Crippen molar-refractivity contribution in [2.75, 3.05) is 19.0 Å². The minimum atomic E-state index is -0.635. The number of aryl methyl sites for hydroxylation is 3. The lowest BCUT2D eigenvalue weighted by Gasteiger charge is -2.10. The average molecular weight is 411 g/mol. The van der Waals surface area contributed by atoms with Gasteiger partial charge >= 0.3 is 11.9 Å². The number of nitrogens with one attached hydrogen (secondary N) is 1. The Bertz CT molecular complexity index is 980. The van der Waals surface area contributed by atoms with E-state index in [1.807, 2.05) is 26.0 Å². The highest BCUT2D eigenvalue weighted by atomic mass is 16.5. The molecule has 0 aliphatic carbocycles. The van der Waals surface area contributed by atoms with Crippen molar-refractivity contribution in [1.82, 2.24) is 0 Å². The number of rotatable bonds is 8. The van der Waals surface area contributed by atoms with Crippen LogP contribution in [0.3, 0.4) is 0 Å². The highest BCUT2D eigenvalue weighted by Crippen LogP contribution is 2.18. The Labute approximate surface area is 175 Å². The second kappa shape index (κ2) is 10.3. The van der Waals surface area contributed by atoms with E-state index >= 15 is 0 Å². The fourth-order valence-electron chi connectivity index (χ4n) is 2.79. The van der Waals surface area contributed by atoms with Gasteiger partial charge in [-0.2, -0.15) is 0 Å². The van der Waals surface area contributed by atoms with Crippen molar-refractivity contribution in [3.05, 3.63) is 64.2 Å². The number of amides is 1. The molecule has 0 spiro atoms. The van der Waals surface area contributed by atoms with E-state index < -0.39 is 24.5 Å². The van der Waals surface area contributed by atoms with Crippen LogP contribution in [0.4, 0.5) is 5.69 Å². The summed E-state index contributed by atoms with van der Waals surface area (Å²) in [7, 11) is 1.27. The maximum Gasteiger partial charge on any atom is 0.337 e. The van der Waals surface area contributed by atoms with Crippen LogP contribution in [0.25, 0.3) is 0 Å². The van der Waals surface area contributed by atoms with E-state index in [1.165, 1.54) is 13.2 Å². The zero-order valence-electron chi connectivity index (χ0n) is 17.5. The summed E-state index contributed by atoms with van der Waals surface area (Å²) in [4.78, 5) is 48.0. The van der Waals surface area contributed by atoms with Gasteiger partial charge in [0.05, 0.1) is 19.1 Å². The molecule has 0 aliphatic rings. The van der Waals surface area contributed by atoms with Crippen LogP contribution in [0, 0.1) is 20.8 Å². The molecule has 0 saturated carbocycles. The summed E-state index contributed by atoms with van der Waals surface area (Å²) in [5, 5.41) is 2.60. The van der Waals surface area contributed by atoms with Crippen molar-refractivity contribution in [3.63, 3.8) is 0 Å². The third-order valence-corrected chi connectivity index (χ3v) is 4.55. The van der Waals surface area contributed by atoms with E-state index in [9.17, 15) is 19.2 Å². The zero-order chi connectivity index (χ0) is 22.3. The fraction of sp³-hybridized carbons (Fsp3) is 0.304. The molecule has 0 fully saturated rings. The Hall–Kier alpha value is -3.48. The van der Waals surface area contributed by atoms with Gasteiger partial charge in [0.25, 0.3) is 5.91 Å². The topological polar surface area (TPSA) is 98.8 Å². The molecule has 0 saturated heterocycles. The Kier molecular flexibility index (Phi) is 7.86. The Morgan fingerprint density at radius 3 is 2.30 bits per heavy atom. The molecule has 0 atom stereocenters. The third-order valence-electron chi connectivity index (χ3n) is 4.55. The normalized spacial score (nSPS) is 10.3. The first-order valence-electron chi connectivity index (χ1n) is 9.46. The van der Waals surface area contributed by atoms with E-state index in [1.54, 1.807) is 25.1 Å². The van der Waals surface area contributed by atoms with Crippen LogP contribution in [0.5, 0.6) is 0 Å². The molecule has 0 heterocycles. The quantitative estimate of drug-likeness (QED) is 0.527. The summed E-state index contributed by atoms with van der Waals surface area (Å²) in [6, 6.07) is 10.3. The third kappa shape index (κ3) is 6.27. The van der Waals surface area contributed by atoms with Gasteiger partial charge in [0.1, 0.15) is 0 Å². The second-order valence-electron chi connectivity index (χ2n) is 6.97. The molecule has 0 radical (unpaired) electrons. The lowest BCUT2D eigenvalue weighted by molar-refractivity contribution is -0.147. The van der Waals surface area contributed by atoms with Gasteiger partial charge in [0.2, 0.25) is 0 Å².